The predicted molar refractivity (Wildman–Crippen MR) is 116 cm³/mol. The molecule has 0 fully saturated rings. The lowest BCUT2D eigenvalue weighted by Gasteiger charge is -2.19. The second-order valence-corrected chi connectivity index (χ2v) is 7.71. The molecule has 0 radical (unpaired) electrons. The van der Waals surface area contributed by atoms with Gasteiger partial charge in [-0.3, -0.25) is 4.57 Å². The summed E-state index contributed by atoms with van der Waals surface area (Å²) in [6, 6.07) is 10.5. The molecule has 3 aromatic rings. The van der Waals surface area contributed by atoms with Gasteiger partial charge in [-0.25, -0.2) is 4.79 Å². The molecule has 1 atom stereocenters. The van der Waals surface area contributed by atoms with Crippen LogP contribution in [0.1, 0.15) is 36.1 Å². The fourth-order valence-electron chi connectivity index (χ4n) is 3.82. The van der Waals surface area contributed by atoms with Gasteiger partial charge in [-0.1, -0.05) is 24.3 Å². The van der Waals surface area contributed by atoms with Crippen molar-refractivity contribution in [1.82, 2.24) is 14.9 Å². The van der Waals surface area contributed by atoms with Crippen LogP contribution in [0.3, 0.4) is 0 Å². The zero-order chi connectivity index (χ0) is 22.2. The molecule has 8 heteroatoms. The van der Waals surface area contributed by atoms with Crippen molar-refractivity contribution in [2.45, 2.75) is 25.6 Å². The van der Waals surface area contributed by atoms with Crippen LogP contribution < -0.4 is 16.3 Å². The number of rotatable bonds is 4. The van der Waals surface area contributed by atoms with Crippen LogP contribution in [0.25, 0.3) is 16.5 Å². The number of nitrogens with zero attached hydrogens (tertiary/aromatic N) is 2. The predicted octanol–water partition coefficient (Wildman–Crippen LogP) is 4.50. The van der Waals surface area contributed by atoms with Gasteiger partial charge in [0.25, 0.3) is 0 Å². The molecule has 1 aliphatic rings. The minimum absolute atomic E-state index is 0.361. The molecule has 0 aliphatic carbocycles. The number of aryl methyl sites for hydroxylation is 1. The Labute approximate surface area is 177 Å². The first-order valence-corrected chi connectivity index (χ1v) is 10.1. The highest BCUT2D eigenvalue weighted by atomic mass is 19.4. The van der Waals surface area contributed by atoms with Crippen molar-refractivity contribution >= 4 is 22.3 Å². The Kier molecular flexibility index (Phi) is 5.58. The largest absolute Gasteiger partial charge is 0.416 e. The van der Waals surface area contributed by atoms with Crippen LogP contribution in [0, 0.1) is 0 Å². The van der Waals surface area contributed by atoms with Crippen LogP contribution in [0.4, 0.5) is 19.0 Å². The molecule has 1 aromatic heterocycles. The fraction of sp³-hybridized carbons (Fsp3) is 0.304. The maximum absolute atomic E-state index is 13.1. The first-order chi connectivity index (χ1) is 14.7. The Morgan fingerprint density at radius 2 is 2.00 bits per heavy atom. The Hall–Kier alpha value is -3.13. The Balaban J connectivity index is 1.75. The summed E-state index contributed by atoms with van der Waals surface area (Å²) in [7, 11) is 1.65. The normalized spacial score (nSPS) is 15.6. The first kappa shape index (κ1) is 21.1. The zero-order valence-corrected chi connectivity index (χ0v) is 17.3. The molecular weight excluding hydrogens is 405 g/mol. The lowest BCUT2D eigenvalue weighted by Crippen LogP contribution is -2.23. The molecule has 31 heavy (non-hydrogen) atoms. The fourth-order valence-corrected chi connectivity index (χ4v) is 3.82. The van der Waals surface area contributed by atoms with Gasteiger partial charge in [0.2, 0.25) is 0 Å². The molecule has 162 valence electrons. The first-order valence-electron chi connectivity index (χ1n) is 10.1. The molecule has 2 aromatic carbocycles. The highest BCUT2D eigenvalue weighted by Crippen LogP contribution is 2.32. The standard InChI is InChI=1S/C23H23F3N4O/c1-14(16-4-3-5-18(12-16)23(24,25)26)28-21-19-13-17(15-8-10-27-11-9-15)6-7-20(19)30(2)22(31)29-21/h3-8,12-14,27H,9-11H2,1-2H3,(H,28,29,31). The number of anilines is 1. The van der Waals surface area contributed by atoms with Gasteiger partial charge < -0.3 is 10.6 Å². The Morgan fingerprint density at radius 3 is 2.71 bits per heavy atom. The number of hydrogen-bond acceptors (Lipinski definition) is 4. The smallest absolute Gasteiger partial charge is 0.363 e. The van der Waals surface area contributed by atoms with Crippen LogP contribution >= 0.6 is 0 Å². The topological polar surface area (TPSA) is 59.0 Å². The molecule has 4 rings (SSSR count). The molecule has 0 bridgehead atoms. The van der Waals surface area contributed by atoms with E-state index >= 15 is 0 Å². The summed E-state index contributed by atoms with van der Waals surface area (Å²) in [5.74, 6) is 0.361. The summed E-state index contributed by atoms with van der Waals surface area (Å²) in [5, 5.41) is 7.18. The zero-order valence-electron chi connectivity index (χ0n) is 17.3. The van der Waals surface area contributed by atoms with Gasteiger partial charge >= 0.3 is 11.9 Å². The third-order valence-electron chi connectivity index (χ3n) is 5.61. The van der Waals surface area contributed by atoms with Crippen molar-refractivity contribution in [3.05, 3.63) is 75.7 Å². The number of aromatic nitrogens is 2. The second kappa shape index (κ2) is 8.19. The number of fused-ring (bicyclic) bond motifs is 1. The third kappa shape index (κ3) is 4.34. The summed E-state index contributed by atoms with van der Waals surface area (Å²) >= 11 is 0. The molecule has 0 spiro atoms. The van der Waals surface area contributed by atoms with E-state index in [1.807, 2.05) is 18.2 Å². The van der Waals surface area contributed by atoms with Gasteiger partial charge in [0.1, 0.15) is 5.82 Å². The molecule has 1 unspecified atom stereocenters. The maximum Gasteiger partial charge on any atom is 0.416 e. The lowest BCUT2D eigenvalue weighted by atomic mass is 9.98. The Bertz CT molecular complexity index is 1210. The molecular formula is C23H23F3N4O. The lowest BCUT2D eigenvalue weighted by molar-refractivity contribution is -0.137. The van der Waals surface area contributed by atoms with E-state index in [-0.39, 0.29) is 0 Å². The van der Waals surface area contributed by atoms with Gasteiger partial charge in [-0.05, 0) is 60.9 Å². The van der Waals surface area contributed by atoms with Crippen molar-refractivity contribution < 1.29 is 13.2 Å². The van der Waals surface area contributed by atoms with E-state index in [4.69, 9.17) is 0 Å². The van der Waals surface area contributed by atoms with E-state index < -0.39 is 23.5 Å². The van der Waals surface area contributed by atoms with Gasteiger partial charge in [0, 0.05) is 25.0 Å². The Morgan fingerprint density at radius 1 is 1.19 bits per heavy atom. The number of hydrogen-bond donors (Lipinski definition) is 2. The molecule has 2 N–H and O–H groups in total. The molecule has 5 nitrogen and oxygen atoms in total. The van der Waals surface area contributed by atoms with Crippen molar-refractivity contribution in [3.8, 4) is 0 Å². The van der Waals surface area contributed by atoms with Crippen LogP contribution in [-0.4, -0.2) is 22.6 Å². The minimum atomic E-state index is -4.42. The van der Waals surface area contributed by atoms with E-state index in [1.54, 1.807) is 20.0 Å². The van der Waals surface area contributed by atoms with Crippen molar-refractivity contribution in [2.24, 2.45) is 7.05 Å². The average Bonchev–Trinajstić information content (AvgIpc) is 2.77. The summed E-state index contributed by atoms with van der Waals surface area (Å²) in [6.45, 7) is 3.45. The SMILES string of the molecule is CC(Nc1nc(=O)n(C)c2ccc(C3=CCNCC3)cc12)c1cccc(C(F)(F)F)c1. The van der Waals surface area contributed by atoms with Gasteiger partial charge in [-0.2, -0.15) is 18.2 Å². The monoisotopic (exact) mass is 428 g/mol. The second-order valence-electron chi connectivity index (χ2n) is 7.71. The maximum atomic E-state index is 13.1. The highest BCUT2D eigenvalue weighted by Gasteiger charge is 2.30. The molecule has 0 saturated heterocycles. The van der Waals surface area contributed by atoms with Crippen molar-refractivity contribution in [2.75, 3.05) is 18.4 Å². The van der Waals surface area contributed by atoms with Crippen molar-refractivity contribution in [1.29, 1.82) is 0 Å². The third-order valence-corrected chi connectivity index (χ3v) is 5.61. The van der Waals surface area contributed by atoms with Crippen LogP contribution in [0.15, 0.2) is 53.3 Å². The molecule has 0 amide bonds. The number of alkyl halides is 3. The quantitative estimate of drug-likeness (QED) is 0.642. The van der Waals surface area contributed by atoms with Gasteiger partial charge in [0.05, 0.1) is 11.1 Å². The number of benzene rings is 2. The van der Waals surface area contributed by atoms with E-state index in [0.29, 0.717) is 16.9 Å². The summed E-state index contributed by atoms with van der Waals surface area (Å²) < 4.78 is 40.8. The van der Waals surface area contributed by atoms with E-state index in [1.165, 1.54) is 16.2 Å². The van der Waals surface area contributed by atoms with E-state index in [0.717, 1.165) is 42.6 Å². The van der Waals surface area contributed by atoms with E-state index in [2.05, 4.69) is 21.7 Å². The molecule has 1 aliphatic heterocycles. The van der Waals surface area contributed by atoms with Crippen LogP contribution in [0.5, 0.6) is 0 Å². The summed E-state index contributed by atoms with van der Waals surface area (Å²) in [4.78, 5) is 16.6. The highest BCUT2D eigenvalue weighted by molar-refractivity contribution is 5.92. The summed E-state index contributed by atoms with van der Waals surface area (Å²) in [6.07, 6.45) is -1.38. The summed E-state index contributed by atoms with van der Waals surface area (Å²) in [5.41, 5.74) is 2.29. The minimum Gasteiger partial charge on any atom is -0.363 e. The number of halogens is 3. The van der Waals surface area contributed by atoms with Crippen LogP contribution in [-0.2, 0) is 13.2 Å². The van der Waals surface area contributed by atoms with Crippen molar-refractivity contribution in [3.63, 3.8) is 0 Å². The van der Waals surface area contributed by atoms with Gasteiger partial charge in [0.15, 0.2) is 0 Å². The van der Waals surface area contributed by atoms with Gasteiger partial charge in [-0.15, -0.1) is 0 Å². The number of nitrogens with one attached hydrogen (secondary N) is 2. The van der Waals surface area contributed by atoms with Crippen LogP contribution in [0.2, 0.25) is 0 Å². The molecule has 2 heterocycles. The van der Waals surface area contributed by atoms with E-state index in [9.17, 15) is 18.0 Å². The average molecular weight is 428 g/mol. The molecule has 0 saturated carbocycles.